The first-order chi connectivity index (χ1) is 14.3. The van der Waals surface area contributed by atoms with Crippen molar-refractivity contribution in [2.45, 2.75) is 67.3 Å². The lowest BCUT2D eigenvalue weighted by Crippen LogP contribution is -2.37. The summed E-state index contributed by atoms with van der Waals surface area (Å²) in [4.78, 5) is 12.7. The van der Waals surface area contributed by atoms with Gasteiger partial charge >= 0.3 is 5.97 Å². The predicted octanol–water partition coefficient (Wildman–Crippen LogP) is 7.23. The fourth-order valence-corrected chi connectivity index (χ4v) is 3.89. The van der Waals surface area contributed by atoms with Crippen LogP contribution in [-0.2, 0) is 0 Å². The Bertz CT molecular complexity index is 688. The van der Waals surface area contributed by atoms with Gasteiger partial charge in [0.05, 0.1) is 5.56 Å². The maximum absolute atomic E-state index is 10.2. The van der Waals surface area contributed by atoms with Gasteiger partial charge in [-0.1, -0.05) is 77.1 Å². The highest BCUT2D eigenvalue weighted by Crippen LogP contribution is 2.37. The lowest BCUT2D eigenvalue weighted by atomic mass is 9.88. The summed E-state index contributed by atoms with van der Waals surface area (Å²) in [5, 5.41) is 8.38. The first-order valence-corrected chi connectivity index (χ1v) is 11.3. The molecule has 2 rings (SSSR count). The third kappa shape index (κ3) is 9.13. The molecule has 0 saturated heterocycles. The molecular formula is C27H43NO2. The fourth-order valence-electron chi connectivity index (χ4n) is 3.89. The van der Waals surface area contributed by atoms with Gasteiger partial charge in [0.25, 0.3) is 0 Å². The molecule has 0 spiro atoms. The van der Waals surface area contributed by atoms with Crippen molar-refractivity contribution in [1.29, 1.82) is 0 Å². The van der Waals surface area contributed by atoms with Crippen LogP contribution in [0.25, 0.3) is 0 Å². The highest BCUT2D eigenvalue weighted by molar-refractivity contribution is 5.87. The number of hydrogen-bond acceptors (Lipinski definition) is 2. The summed E-state index contributed by atoms with van der Waals surface area (Å²) in [5.74, 6) is 0.502. The molecule has 0 aromatic heterocycles. The highest BCUT2D eigenvalue weighted by atomic mass is 16.4. The van der Waals surface area contributed by atoms with E-state index in [4.69, 9.17) is 5.11 Å². The van der Waals surface area contributed by atoms with Gasteiger partial charge in [0, 0.05) is 6.04 Å². The number of carboxylic acids is 1. The third-order valence-corrected chi connectivity index (χ3v) is 5.54. The summed E-state index contributed by atoms with van der Waals surface area (Å²) in [6.45, 7) is 16.5. The van der Waals surface area contributed by atoms with Crippen molar-refractivity contribution >= 4 is 5.97 Å². The fraction of sp³-hybridized carbons (Fsp3) is 0.519. The molecule has 0 heterocycles. The zero-order chi connectivity index (χ0) is 23.1. The van der Waals surface area contributed by atoms with E-state index in [-0.39, 0.29) is 0 Å². The Hall–Kier alpha value is -2.13. The number of benzene rings is 1. The van der Waals surface area contributed by atoms with E-state index >= 15 is 0 Å². The zero-order valence-electron chi connectivity index (χ0n) is 20.4. The van der Waals surface area contributed by atoms with Crippen LogP contribution in [0.3, 0.4) is 0 Å². The van der Waals surface area contributed by atoms with E-state index in [2.05, 4.69) is 70.9 Å². The first kappa shape index (κ1) is 27.9. The molecule has 1 aliphatic carbocycles. The minimum atomic E-state index is -0.879. The van der Waals surface area contributed by atoms with Crippen LogP contribution in [0, 0.1) is 11.8 Å². The van der Waals surface area contributed by atoms with Crippen LogP contribution in [-0.4, -0.2) is 35.6 Å². The van der Waals surface area contributed by atoms with Crippen molar-refractivity contribution in [3.05, 3.63) is 71.3 Å². The Morgan fingerprint density at radius 1 is 1.17 bits per heavy atom. The van der Waals surface area contributed by atoms with Crippen LogP contribution in [0.2, 0.25) is 0 Å². The SMILES string of the molecule is CC.C\C=C/C=C1/CC(C)CC(N(C)CC)C(C)/C1=C/C.O=C(O)c1ccccc1. The highest BCUT2D eigenvalue weighted by Gasteiger charge is 2.30. The standard InChI is InChI=1S/C18H31N.C7H6O2.C2H6/c1-7-10-11-16-12-14(4)13-18(19(6)9-3)15(5)17(16)8-2;8-7(9)6-4-2-1-3-5-6;1-2/h7-8,10-11,14-15,18H,9,12-13H2,1-6H3;1-5H,(H,8,9);1-2H3/b10-7-,16-11-,17-8-;;. The van der Waals surface area contributed by atoms with Crippen LogP contribution in [0.4, 0.5) is 0 Å². The Kier molecular flexibility index (Phi) is 14.6. The average Bonchev–Trinajstić information content (AvgIpc) is 2.89. The molecule has 0 aliphatic heterocycles. The van der Waals surface area contributed by atoms with E-state index in [9.17, 15) is 4.79 Å². The van der Waals surface area contributed by atoms with Gasteiger partial charge in [-0.25, -0.2) is 4.79 Å². The second kappa shape index (κ2) is 15.7. The molecule has 3 atom stereocenters. The van der Waals surface area contributed by atoms with E-state index in [1.807, 2.05) is 13.8 Å². The Balaban J connectivity index is 0.000000636. The van der Waals surface area contributed by atoms with Crippen LogP contribution in [0.1, 0.15) is 71.7 Å². The summed E-state index contributed by atoms with van der Waals surface area (Å²) >= 11 is 0. The Morgan fingerprint density at radius 2 is 1.77 bits per heavy atom. The molecule has 168 valence electrons. The van der Waals surface area contributed by atoms with Crippen LogP contribution in [0.5, 0.6) is 0 Å². The summed E-state index contributed by atoms with van der Waals surface area (Å²) in [6.07, 6.45) is 11.5. The summed E-state index contributed by atoms with van der Waals surface area (Å²) in [5.41, 5.74) is 3.41. The summed E-state index contributed by atoms with van der Waals surface area (Å²) < 4.78 is 0. The van der Waals surface area contributed by atoms with Gasteiger partial charge in [0.2, 0.25) is 0 Å². The van der Waals surface area contributed by atoms with Gasteiger partial charge in [-0.15, -0.1) is 0 Å². The Labute approximate surface area is 185 Å². The molecule has 3 heteroatoms. The minimum Gasteiger partial charge on any atom is -0.478 e. The molecule has 0 amide bonds. The molecule has 3 nitrogen and oxygen atoms in total. The third-order valence-electron chi connectivity index (χ3n) is 5.54. The van der Waals surface area contributed by atoms with Gasteiger partial charge in [-0.2, -0.15) is 0 Å². The smallest absolute Gasteiger partial charge is 0.335 e. The molecule has 1 N–H and O–H groups in total. The van der Waals surface area contributed by atoms with Crippen molar-refractivity contribution in [3.8, 4) is 0 Å². The van der Waals surface area contributed by atoms with E-state index in [1.54, 1.807) is 35.9 Å². The number of allylic oxidation sites excluding steroid dienone is 5. The second-order valence-electron chi connectivity index (χ2n) is 7.61. The van der Waals surface area contributed by atoms with Crippen molar-refractivity contribution < 1.29 is 9.90 Å². The summed E-state index contributed by atoms with van der Waals surface area (Å²) in [6, 6.07) is 8.96. The van der Waals surface area contributed by atoms with Crippen LogP contribution < -0.4 is 0 Å². The molecule has 1 aromatic rings. The number of nitrogens with zero attached hydrogens (tertiary/aromatic N) is 1. The first-order valence-electron chi connectivity index (χ1n) is 11.3. The second-order valence-corrected chi connectivity index (χ2v) is 7.61. The van der Waals surface area contributed by atoms with Crippen LogP contribution in [0.15, 0.2) is 65.8 Å². The van der Waals surface area contributed by atoms with Crippen LogP contribution >= 0.6 is 0 Å². The van der Waals surface area contributed by atoms with E-state index < -0.39 is 5.97 Å². The summed E-state index contributed by atoms with van der Waals surface area (Å²) in [7, 11) is 2.27. The molecule has 1 saturated carbocycles. The Morgan fingerprint density at radius 3 is 2.20 bits per heavy atom. The molecule has 30 heavy (non-hydrogen) atoms. The topological polar surface area (TPSA) is 40.5 Å². The van der Waals surface area contributed by atoms with E-state index in [1.165, 1.54) is 18.4 Å². The van der Waals surface area contributed by atoms with Crippen molar-refractivity contribution in [1.82, 2.24) is 4.90 Å². The number of carboxylic acid groups (broad SMARTS) is 1. The number of carbonyl (C=O) groups is 1. The molecule has 3 unspecified atom stereocenters. The van der Waals surface area contributed by atoms with Crippen molar-refractivity contribution in [3.63, 3.8) is 0 Å². The van der Waals surface area contributed by atoms with Crippen molar-refractivity contribution in [2.24, 2.45) is 11.8 Å². The number of hydrogen-bond donors (Lipinski definition) is 1. The van der Waals surface area contributed by atoms with E-state index in [0.29, 0.717) is 17.5 Å². The molecule has 1 fully saturated rings. The molecular weight excluding hydrogens is 370 g/mol. The maximum atomic E-state index is 10.2. The number of aromatic carboxylic acids is 1. The van der Waals surface area contributed by atoms with Gasteiger partial charge in [-0.3, -0.25) is 0 Å². The lowest BCUT2D eigenvalue weighted by Gasteiger charge is -2.32. The van der Waals surface area contributed by atoms with Gasteiger partial charge in [-0.05, 0) is 75.4 Å². The van der Waals surface area contributed by atoms with E-state index in [0.717, 1.165) is 12.5 Å². The maximum Gasteiger partial charge on any atom is 0.335 e. The monoisotopic (exact) mass is 413 g/mol. The molecule has 1 aliphatic rings. The van der Waals surface area contributed by atoms with Gasteiger partial charge < -0.3 is 10.0 Å². The molecule has 0 radical (unpaired) electrons. The molecule has 0 bridgehead atoms. The molecule has 1 aromatic carbocycles. The predicted molar refractivity (Wildman–Crippen MR) is 131 cm³/mol. The normalized spacial score (nSPS) is 24.1. The average molecular weight is 414 g/mol. The number of rotatable bonds is 4. The zero-order valence-corrected chi connectivity index (χ0v) is 20.4. The largest absolute Gasteiger partial charge is 0.478 e. The van der Waals surface area contributed by atoms with Crippen molar-refractivity contribution in [2.75, 3.05) is 13.6 Å². The minimum absolute atomic E-state index is 0.331. The van der Waals surface area contributed by atoms with Gasteiger partial charge in [0.15, 0.2) is 0 Å². The van der Waals surface area contributed by atoms with Gasteiger partial charge in [0.1, 0.15) is 0 Å². The quantitative estimate of drug-likeness (QED) is 0.529. The lowest BCUT2D eigenvalue weighted by molar-refractivity contribution is 0.0697.